The molecule has 1 atom stereocenters. The van der Waals surface area contributed by atoms with Crippen LogP contribution in [-0.2, 0) is 16.5 Å². The average molecular weight is 319 g/mol. The summed E-state index contributed by atoms with van der Waals surface area (Å²) >= 11 is 0. The average Bonchev–Trinajstić information content (AvgIpc) is 2.45. The van der Waals surface area contributed by atoms with Crippen LogP contribution in [-0.4, -0.2) is 30.5 Å². The Labute approximate surface area is 129 Å². The minimum atomic E-state index is -4.10. The molecule has 0 saturated heterocycles. The van der Waals surface area contributed by atoms with E-state index in [-0.39, 0.29) is 12.2 Å². The van der Waals surface area contributed by atoms with Crippen molar-refractivity contribution in [1.29, 1.82) is 0 Å². The van der Waals surface area contributed by atoms with Crippen LogP contribution in [0.1, 0.15) is 21.5 Å². The van der Waals surface area contributed by atoms with E-state index in [4.69, 9.17) is 10.3 Å². The molecule has 0 amide bonds. The lowest BCUT2D eigenvalue weighted by molar-refractivity contribution is 0.103. The molecule has 0 unspecified atom stereocenters. The second-order valence-corrected chi connectivity index (χ2v) is 6.61. The summed E-state index contributed by atoms with van der Waals surface area (Å²) in [4.78, 5) is 12.3. The molecule has 0 saturated carbocycles. The molecule has 2 rings (SSSR count). The van der Waals surface area contributed by atoms with Gasteiger partial charge in [0, 0.05) is 17.2 Å². The van der Waals surface area contributed by atoms with Crippen molar-refractivity contribution in [3.63, 3.8) is 0 Å². The fourth-order valence-corrected chi connectivity index (χ4v) is 2.89. The molecule has 2 aromatic carbocycles. The molecule has 0 radical (unpaired) electrons. The van der Waals surface area contributed by atoms with Gasteiger partial charge in [-0.3, -0.25) is 9.35 Å². The second kappa shape index (κ2) is 6.83. The molecule has 0 fully saturated rings. The number of hydrogen-bond donors (Lipinski definition) is 2. The van der Waals surface area contributed by atoms with E-state index >= 15 is 0 Å². The fourth-order valence-electron chi connectivity index (χ4n) is 2.23. The maximum atomic E-state index is 12.3. The van der Waals surface area contributed by atoms with E-state index in [1.807, 2.05) is 6.07 Å². The van der Waals surface area contributed by atoms with Crippen molar-refractivity contribution in [3.8, 4) is 0 Å². The second-order valence-electron chi connectivity index (χ2n) is 5.11. The van der Waals surface area contributed by atoms with Gasteiger partial charge in [0.25, 0.3) is 10.1 Å². The molecule has 0 bridgehead atoms. The Hall–Kier alpha value is -2.02. The van der Waals surface area contributed by atoms with Crippen molar-refractivity contribution in [2.24, 2.45) is 5.73 Å². The van der Waals surface area contributed by atoms with E-state index in [1.165, 1.54) is 0 Å². The summed E-state index contributed by atoms with van der Waals surface area (Å²) in [7, 11) is -4.10. The van der Waals surface area contributed by atoms with Gasteiger partial charge in [-0.25, -0.2) is 0 Å². The first-order chi connectivity index (χ1) is 10.3. The zero-order valence-corrected chi connectivity index (χ0v) is 12.7. The molecule has 0 heterocycles. The molecule has 0 aromatic heterocycles. The standard InChI is InChI=1S/C16H17NO4S/c17-15(11-22(19,20)21)10-12-5-4-8-14(9-12)16(18)13-6-2-1-3-7-13/h1-9,15H,10-11,17H2,(H,19,20,21)/t15-/m1/s1. The first kappa shape index (κ1) is 16.4. The number of ketones is 1. The third-order valence-electron chi connectivity index (χ3n) is 3.15. The summed E-state index contributed by atoms with van der Waals surface area (Å²) < 4.78 is 30.4. The molecular weight excluding hydrogens is 302 g/mol. The van der Waals surface area contributed by atoms with Crippen molar-refractivity contribution in [2.45, 2.75) is 12.5 Å². The zero-order chi connectivity index (χ0) is 16.2. The van der Waals surface area contributed by atoms with Gasteiger partial charge in [-0.15, -0.1) is 0 Å². The minimum absolute atomic E-state index is 0.106. The first-order valence-corrected chi connectivity index (χ1v) is 8.35. The molecule has 116 valence electrons. The summed E-state index contributed by atoms with van der Waals surface area (Å²) in [5, 5.41) is 0. The maximum Gasteiger partial charge on any atom is 0.266 e. The van der Waals surface area contributed by atoms with Gasteiger partial charge >= 0.3 is 0 Å². The SMILES string of the molecule is N[C@H](Cc1cccc(C(=O)c2ccccc2)c1)CS(=O)(=O)O. The van der Waals surface area contributed by atoms with Crippen LogP contribution in [0, 0.1) is 0 Å². The van der Waals surface area contributed by atoms with E-state index in [2.05, 4.69) is 0 Å². The Kier molecular flexibility index (Phi) is 5.07. The van der Waals surface area contributed by atoms with Gasteiger partial charge in [0.15, 0.2) is 5.78 Å². The quantitative estimate of drug-likeness (QED) is 0.623. The monoisotopic (exact) mass is 319 g/mol. The molecule has 0 aliphatic carbocycles. The number of nitrogens with two attached hydrogens (primary N) is 1. The van der Waals surface area contributed by atoms with Crippen LogP contribution < -0.4 is 5.73 Å². The Balaban J connectivity index is 2.15. The van der Waals surface area contributed by atoms with E-state index < -0.39 is 21.9 Å². The lowest BCUT2D eigenvalue weighted by Gasteiger charge is -2.10. The highest BCUT2D eigenvalue weighted by Crippen LogP contribution is 2.13. The highest BCUT2D eigenvalue weighted by Gasteiger charge is 2.14. The highest BCUT2D eigenvalue weighted by molar-refractivity contribution is 7.85. The van der Waals surface area contributed by atoms with Gasteiger partial charge in [-0.2, -0.15) is 8.42 Å². The lowest BCUT2D eigenvalue weighted by Crippen LogP contribution is -2.31. The third kappa shape index (κ3) is 4.77. The first-order valence-electron chi connectivity index (χ1n) is 6.74. The van der Waals surface area contributed by atoms with Crippen LogP contribution >= 0.6 is 0 Å². The number of benzene rings is 2. The smallest absolute Gasteiger partial charge is 0.266 e. The van der Waals surface area contributed by atoms with Gasteiger partial charge in [-0.1, -0.05) is 48.5 Å². The van der Waals surface area contributed by atoms with E-state index in [0.717, 1.165) is 5.56 Å². The molecule has 0 aliphatic rings. The van der Waals surface area contributed by atoms with Crippen molar-refractivity contribution in [2.75, 3.05) is 5.75 Å². The van der Waals surface area contributed by atoms with Crippen molar-refractivity contribution in [1.82, 2.24) is 0 Å². The molecule has 0 aliphatic heterocycles. The van der Waals surface area contributed by atoms with Crippen molar-refractivity contribution >= 4 is 15.9 Å². The maximum absolute atomic E-state index is 12.3. The largest absolute Gasteiger partial charge is 0.326 e. The lowest BCUT2D eigenvalue weighted by atomic mass is 9.99. The molecule has 3 N–H and O–H groups in total. The zero-order valence-electron chi connectivity index (χ0n) is 11.8. The minimum Gasteiger partial charge on any atom is -0.326 e. The summed E-state index contributed by atoms with van der Waals surface area (Å²) in [6.07, 6.45) is 0.260. The molecular formula is C16H17NO4S. The van der Waals surface area contributed by atoms with Crippen molar-refractivity contribution in [3.05, 3.63) is 71.3 Å². The summed E-state index contributed by atoms with van der Waals surface area (Å²) in [6, 6.07) is 15.1. The van der Waals surface area contributed by atoms with Gasteiger partial charge in [0.2, 0.25) is 0 Å². The number of carbonyl (C=O) groups excluding carboxylic acids is 1. The fraction of sp³-hybridized carbons (Fsp3) is 0.188. The van der Waals surface area contributed by atoms with E-state index in [0.29, 0.717) is 11.1 Å². The molecule has 6 heteroatoms. The van der Waals surface area contributed by atoms with Gasteiger partial charge < -0.3 is 5.73 Å². The number of rotatable bonds is 6. The predicted molar refractivity (Wildman–Crippen MR) is 84.4 cm³/mol. The Morgan fingerprint density at radius 1 is 1.05 bits per heavy atom. The Bertz CT molecular complexity index is 757. The van der Waals surface area contributed by atoms with Crippen molar-refractivity contribution < 1.29 is 17.8 Å². The van der Waals surface area contributed by atoms with Crippen LogP contribution in [0.15, 0.2) is 54.6 Å². The summed E-state index contributed by atoms with van der Waals surface area (Å²) in [5.74, 6) is -0.616. The van der Waals surface area contributed by atoms with E-state index in [1.54, 1.807) is 48.5 Å². The van der Waals surface area contributed by atoms with E-state index in [9.17, 15) is 13.2 Å². The Morgan fingerprint density at radius 2 is 1.68 bits per heavy atom. The van der Waals surface area contributed by atoms with Gasteiger partial charge in [0.05, 0.1) is 5.75 Å². The van der Waals surface area contributed by atoms with Crippen LogP contribution in [0.2, 0.25) is 0 Å². The summed E-state index contributed by atoms with van der Waals surface area (Å²) in [5.41, 5.74) is 7.55. The molecule has 2 aromatic rings. The molecule has 5 nitrogen and oxygen atoms in total. The van der Waals surface area contributed by atoms with Crippen LogP contribution in [0.3, 0.4) is 0 Å². The predicted octanol–water partition coefficient (Wildman–Crippen LogP) is 1.68. The normalized spacial score (nSPS) is 12.8. The topological polar surface area (TPSA) is 97.5 Å². The van der Waals surface area contributed by atoms with Crippen LogP contribution in [0.25, 0.3) is 0 Å². The molecule has 22 heavy (non-hydrogen) atoms. The number of hydrogen-bond acceptors (Lipinski definition) is 4. The van der Waals surface area contributed by atoms with Gasteiger partial charge in [-0.05, 0) is 18.1 Å². The van der Waals surface area contributed by atoms with Gasteiger partial charge in [0.1, 0.15) is 0 Å². The Morgan fingerprint density at radius 3 is 2.32 bits per heavy atom. The third-order valence-corrected chi connectivity index (χ3v) is 4.00. The highest BCUT2D eigenvalue weighted by atomic mass is 32.2. The van der Waals surface area contributed by atoms with Crippen LogP contribution in [0.5, 0.6) is 0 Å². The molecule has 0 spiro atoms. The number of carbonyl (C=O) groups is 1. The van der Waals surface area contributed by atoms with Crippen LogP contribution in [0.4, 0.5) is 0 Å². The summed E-state index contributed by atoms with van der Waals surface area (Å²) in [6.45, 7) is 0.